The number of nitrogen functional groups attached to an aromatic ring is 1. The van der Waals surface area contributed by atoms with Gasteiger partial charge in [0.15, 0.2) is 12.5 Å². The van der Waals surface area contributed by atoms with Gasteiger partial charge in [-0.3, -0.25) is 9.59 Å². The number of carbonyl (C=O) groups excluding carboxylic acids is 2. The second kappa shape index (κ2) is 17.7. The Kier molecular flexibility index (Phi) is 12.8. The highest BCUT2D eigenvalue weighted by Gasteiger charge is 2.32. The van der Waals surface area contributed by atoms with Gasteiger partial charge in [0.2, 0.25) is 11.8 Å². The lowest BCUT2D eigenvalue weighted by atomic mass is 10.0. The highest BCUT2D eigenvalue weighted by atomic mass is 32.2. The lowest BCUT2D eigenvalue weighted by Gasteiger charge is -2.36. The van der Waals surface area contributed by atoms with Gasteiger partial charge in [0.25, 0.3) is 5.03 Å². The van der Waals surface area contributed by atoms with Crippen molar-refractivity contribution in [1.82, 2.24) is 5.32 Å². The number of ether oxygens (including phenoxy) is 2. The minimum Gasteiger partial charge on any atom is -0.618 e. The quantitative estimate of drug-likeness (QED) is 0.0399. The lowest BCUT2D eigenvalue weighted by Crippen LogP contribution is -2.32. The molecule has 1 saturated heterocycles. The van der Waals surface area contributed by atoms with Gasteiger partial charge in [-0.1, -0.05) is 78.8 Å². The van der Waals surface area contributed by atoms with Crippen molar-refractivity contribution in [2.45, 2.75) is 75.2 Å². The SMILES string of the molecule is Nc1ccccc1NC(=O)CCCCCC(=O)NCc1ccc(C2OC(CSc3cccc[n+]3[O-])CC(c3ccc(CO)cc3)O2)cc1. The Balaban J connectivity index is 1.09. The van der Waals surface area contributed by atoms with E-state index in [9.17, 15) is 19.9 Å². The van der Waals surface area contributed by atoms with E-state index in [4.69, 9.17) is 15.2 Å². The van der Waals surface area contributed by atoms with Gasteiger partial charge in [0.1, 0.15) is 0 Å². The van der Waals surface area contributed by atoms with Crippen molar-refractivity contribution in [2.75, 3.05) is 16.8 Å². The van der Waals surface area contributed by atoms with Crippen molar-refractivity contribution in [1.29, 1.82) is 0 Å². The van der Waals surface area contributed by atoms with Crippen molar-refractivity contribution >= 4 is 35.0 Å². The van der Waals surface area contributed by atoms with Gasteiger partial charge < -0.3 is 36.2 Å². The van der Waals surface area contributed by atoms with Crippen LogP contribution in [0.4, 0.5) is 11.4 Å². The largest absolute Gasteiger partial charge is 0.618 e. The first-order chi connectivity index (χ1) is 23.4. The molecule has 252 valence electrons. The first-order valence-corrected chi connectivity index (χ1v) is 17.2. The Morgan fingerprint density at radius 3 is 2.27 bits per heavy atom. The number of thioether (sulfide) groups is 1. The zero-order chi connectivity index (χ0) is 33.7. The van der Waals surface area contributed by atoms with E-state index < -0.39 is 6.29 Å². The average molecular weight is 671 g/mol. The molecule has 3 unspecified atom stereocenters. The smallest absolute Gasteiger partial charge is 0.251 e. The van der Waals surface area contributed by atoms with E-state index in [-0.39, 0.29) is 30.6 Å². The van der Waals surface area contributed by atoms with Gasteiger partial charge in [-0.15, -0.1) is 0 Å². The summed E-state index contributed by atoms with van der Waals surface area (Å²) in [6.45, 7) is 0.375. The number of anilines is 2. The normalized spacial score (nSPS) is 17.5. The van der Waals surface area contributed by atoms with E-state index in [2.05, 4.69) is 10.6 Å². The van der Waals surface area contributed by atoms with Crippen molar-refractivity contribution in [3.8, 4) is 0 Å². The van der Waals surface area contributed by atoms with Gasteiger partial charge in [0.05, 0.1) is 30.2 Å². The molecule has 2 heterocycles. The zero-order valence-corrected chi connectivity index (χ0v) is 27.6. The number of amides is 2. The van der Waals surface area contributed by atoms with E-state index in [1.807, 2.05) is 66.7 Å². The molecule has 10 nitrogen and oxygen atoms in total. The summed E-state index contributed by atoms with van der Waals surface area (Å²) in [5, 5.41) is 28.0. The molecule has 1 aliphatic rings. The summed E-state index contributed by atoms with van der Waals surface area (Å²) < 4.78 is 13.7. The third kappa shape index (κ3) is 10.3. The fourth-order valence-corrected chi connectivity index (χ4v) is 6.31. The molecular formula is C37H42N4O6S. The molecule has 1 fully saturated rings. The van der Waals surface area contributed by atoms with Gasteiger partial charge in [-0.05, 0) is 47.7 Å². The maximum Gasteiger partial charge on any atom is 0.251 e. The van der Waals surface area contributed by atoms with Gasteiger partial charge in [-0.25, -0.2) is 0 Å². The number of benzene rings is 3. The Bertz CT molecular complexity index is 1640. The van der Waals surface area contributed by atoms with E-state index in [0.29, 0.717) is 60.8 Å². The highest BCUT2D eigenvalue weighted by molar-refractivity contribution is 7.99. The number of hydrogen-bond acceptors (Lipinski definition) is 8. The fourth-order valence-electron chi connectivity index (χ4n) is 5.38. The Morgan fingerprint density at radius 2 is 1.54 bits per heavy atom. The first kappa shape index (κ1) is 34.9. The second-order valence-electron chi connectivity index (χ2n) is 11.7. The van der Waals surface area contributed by atoms with Crippen LogP contribution in [0.25, 0.3) is 0 Å². The number of hydrogen-bond donors (Lipinski definition) is 4. The molecule has 4 aromatic rings. The van der Waals surface area contributed by atoms with Crippen LogP contribution in [0.1, 0.15) is 73.2 Å². The molecule has 5 N–H and O–H groups in total. The molecule has 5 rings (SSSR count). The van der Waals surface area contributed by atoms with Gasteiger partial charge in [0, 0.05) is 49.3 Å². The molecule has 3 atom stereocenters. The van der Waals surface area contributed by atoms with Crippen LogP contribution in [0, 0.1) is 5.21 Å². The summed E-state index contributed by atoms with van der Waals surface area (Å²) in [6.07, 6.45) is 4.02. The van der Waals surface area contributed by atoms with Gasteiger partial charge in [-0.2, -0.15) is 4.73 Å². The minimum atomic E-state index is -0.613. The third-order valence-electron chi connectivity index (χ3n) is 8.10. The van der Waals surface area contributed by atoms with Crippen molar-refractivity contribution < 1.29 is 28.9 Å². The lowest BCUT2D eigenvalue weighted by molar-refractivity contribution is -0.645. The number of unbranched alkanes of at least 4 members (excludes halogenated alkanes) is 2. The van der Waals surface area contributed by atoms with Crippen molar-refractivity contribution in [3.05, 3.63) is 125 Å². The van der Waals surface area contributed by atoms with Crippen LogP contribution in [-0.2, 0) is 32.2 Å². The minimum absolute atomic E-state index is 0.0257. The van der Waals surface area contributed by atoms with Crippen LogP contribution in [0.3, 0.4) is 0 Å². The number of nitrogens with zero attached hydrogens (tertiary/aromatic N) is 1. The number of carbonyl (C=O) groups is 2. The van der Waals surface area contributed by atoms with E-state index in [1.165, 1.54) is 18.0 Å². The predicted molar refractivity (Wildman–Crippen MR) is 185 cm³/mol. The molecule has 0 radical (unpaired) electrons. The molecule has 0 aliphatic carbocycles. The number of rotatable bonds is 15. The Morgan fingerprint density at radius 1 is 0.854 bits per heavy atom. The number of pyridine rings is 1. The molecular weight excluding hydrogens is 628 g/mol. The van der Waals surface area contributed by atoms with Crippen molar-refractivity contribution in [2.24, 2.45) is 0 Å². The molecule has 1 aromatic heterocycles. The number of aliphatic hydroxyl groups excluding tert-OH is 1. The summed E-state index contributed by atoms with van der Waals surface area (Å²) in [5.74, 6) is 0.459. The summed E-state index contributed by atoms with van der Waals surface area (Å²) >= 11 is 1.45. The fraction of sp³-hybridized carbons (Fsp3) is 0.324. The number of aliphatic hydroxyl groups is 1. The van der Waals surface area contributed by atoms with E-state index in [1.54, 1.807) is 24.3 Å². The van der Waals surface area contributed by atoms with E-state index >= 15 is 0 Å². The molecule has 11 heteroatoms. The van der Waals surface area contributed by atoms with Gasteiger partial charge >= 0.3 is 0 Å². The number of aromatic nitrogens is 1. The Hall–Kier alpha value is -4.42. The topological polar surface area (TPSA) is 150 Å². The van der Waals surface area contributed by atoms with Crippen LogP contribution >= 0.6 is 11.8 Å². The molecule has 1 aliphatic heterocycles. The van der Waals surface area contributed by atoms with Crippen molar-refractivity contribution in [3.63, 3.8) is 0 Å². The number of para-hydroxylation sites is 2. The highest BCUT2D eigenvalue weighted by Crippen LogP contribution is 2.39. The molecule has 0 bridgehead atoms. The summed E-state index contributed by atoms with van der Waals surface area (Å²) in [5.41, 5.74) is 10.7. The third-order valence-corrected chi connectivity index (χ3v) is 9.26. The molecule has 3 aromatic carbocycles. The second-order valence-corrected chi connectivity index (χ2v) is 12.8. The average Bonchev–Trinajstić information content (AvgIpc) is 3.11. The van der Waals surface area contributed by atoms with Crippen LogP contribution in [0.15, 0.2) is 102 Å². The number of nitrogens with one attached hydrogen (secondary N) is 2. The molecule has 48 heavy (non-hydrogen) atoms. The zero-order valence-electron chi connectivity index (χ0n) is 26.8. The molecule has 0 saturated carbocycles. The first-order valence-electron chi connectivity index (χ1n) is 16.2. The summed E-state index contributed by atoms with van der Waals surface area (Å²) in [6, 6.07) is 28.0. The summed E-state index contributed by atoms with van der Waals surface area (Å²) in [7, 11) is 0. The predicted octanol–water partition coefficient (Wildman–Crippen LogP) is 5.94. The van der Waals surface area contributed by atoms with E-state index in [0.717, 1.165) is 33.4 Å². The molecule has 0 spiro atoms. The standard InChI is InChI=1S/C37H42N4O6S/c38-31-8-4-5-9-32(31)40-35(44)11-3-1-2-10-34(43)39-23-26-13-19-29(20-14-26)37-46-30(25-48-36-12-6-7-21-41(36)45)22-33(47-37)28-17-15-27(24-42)16-18-28/h4-9,12-21,30,33,37,42H,1-3,10-11,22-25,38H2,(H,39,43)(H,40,44). The Labute approximate surface area is 285 Å². The van der Waals surface area contributed by atoms with Crippen LogP contribution in [0.5, 0.6) is 0 Å². The number of nitrogens with two attached hydrogens (primary N) is 1. The van der Waals surface area contributed by atoms with Crippen LogP contribution in [0.2, 0.25) is 0 Å². The monoisotopic (exact) mass is 670 g/mol. The van der Waals surface area contributed by atoms with Crippen LogP contribution < -0.4 is 21.1 Å². The maximum atomic E-state index is 12.5. The van der Waals surface area contributed by atoms with Crippen LogP contribution in [-0.4, -0.2) is 28.8 Å². The maximum absolute atomic E-state index is 12.5. The molecule has 2 amide bonds. The summed E-state index contributed by atoms with van der Waals surface area (Å²) in [4.78, 5) is 24.6.